The molecule has 4 atom stereocenters. The molecule has 0 bridgehead atoms. The molecule has 3 rings (SSSR count). The molecule has 22 heavy (non-hydrogen) atoms. The van der Waals surface area contributed by atoms with Gasteiger partial charge in [-0.25, -0.2) is 9.97 Å². The molecule has 0 aromatic carbocycles. The summed E-state index contributed by atoms with van der Waals surface area (Å²) in [5.41, 5.74) is 0.102. The summed E-state index contributed by atoms with van der Waals surface area (Å²) in [6.45, 7) is 0. The zero-order chi connectivity index (χ0) is 15.5. The van der Waals surface area contributed by atoms with Crippen LogP contribution in [-0.2, 0) is 14.3 Å². The van der Waals surface area contributed by atoms with E-state index in [9.17, 15) is 9.59 Å². The Morgan fingerprint density at radius 3 is 2.86 bits per heavy atom. The van der Waals surface area contributed by atoms with Gasteiger partial charge in [0.1, 0.15) is 6.10 Å². The lowest BCUT2D eigenvalue weighted by Gasteiger charge is -2.40. The van der Waals surface area contributed by atoms with Gasteiger partial charge in [-0.3, -0.25) is 9.59 Å². The third kappa shape index (κ3) is 3.17. The van der Waals surface area contributed by atoms with Crippen molar-refractivity contribution in [2.45, 2.75) is 29.5 Å². The molecule has 0 radical (unpaired) electrons. The lowest BCUT2D eigenvalue weighted by Crippen LogP contribution is -2.46. The van der Waals surface area contributed by atoms with Crippen molar-refractivity contribution in [2.24, 2.45) is 11.8 Å². The van der Waals surface area contributed by atoms with E-state index in [0.29, 0.717) is 17.9 Å². The molecule has 4 unspecified atom stereocenters. The Bertz CT molecular complexity index is 596. The van der Waals surface area contributed by atoms with Gasteiger partial charge in [0.2, 0.25) is 0 Å². The average molecular weight is 339 g/mol. The number of carbonyl (C=O) groups excluding carboxylic acids is 2. The molecule has 7 heteroatoms. The number of nitrogens with zero attached hydrogens (tertiary/aromatic N) is 2. The Balaban J connectivity index is 1.72. The van der Waals surface area contributed by atoms with Gasteiger partial charge in [-0.05, 0) is 18.9 Å². The van der Waals surface area contributed by atoms with Crippen molar-refractivity contribution in [3.8, 4) is 0 Å². The summed E-state index contributed by atoms with van der Waals surface area (Å²) in [6, 6.07) is 1.77. The summed E-state index contributed by atoms with van der Waals surface area (Å²) in [5, 5.41) is 0.615. The van der Waals surface area contributed by atoms with Crippen LogP contribution in [0, 0.1) is 11.8 Å². The average Bonchev–Trinajstić information content (AvgIpc) is 2.54. The lowest BCUT2D eigenvalue weighted by molar-refractivity contribution is -0.130. The molecule has 0 saturated heterocycles. The molecule has 1 fully saturated rings. The maximum absolute atomic E-state index is 12.3. The quantitative estimate of drug-likeness (QED) is 0.276. The number of halogens is 1. The number of allylic oxidation sites excluding steroid dienone is 1. The van der Waals surface area contributed by atoms with Crippen LogP contribution in [0.25, 0.3) is 0 Å². The molecule has 0 spiro atoms. The van der Waals surface area contributed by atoms with E-state index in [1.165, 1.54) is 18.0 Å². The summed E-state index contributed by atoms with van der Waals surface area (Å²) < 4.78 is 5.68. The number of aldehydes is 1. The maximum Gasteiger partial charge on any atom is 0.187 e. The van der Waals surface area contributed by atoms with Crippen molar-refractivity contribution in [1.29, 1.82) is 0 Å². The van der Waals surface area contributed by atoms with Gasteiger partial charge in [0, 0.05) is 29.4 Å². The molecule has 1 aliphatic heterocycles. The highest BCUT2D eigenvalue weighted by Gasteiger charge is 2.45. The zero-order valence-electron chi connectivity index (χ0n) is 11.7. The number of rotatable bonds is 4. The van der Waals surface area contributed by atoms with Crippen molar-refractivity contribution in [3.05, 3.63) is 30.3 Å². The monoisotopic (exact) mass is 338 g/mol. The molecule has 0 amide bonds. The molecular formula is C15H15ClN2O3S. The van der Waals surface area contributed by atoms with Crippen LogP contribution in [0.3, 0.4) is 0 Å². The van der Waals surface area contributed by atoms with E-state index in [2.05, 4.69) is 9.97 Å². The third-order valence-corrected chi connectivity index (χ3v) is 5.42. The first-order chi connectivity index (χ1) is 10.7. The lowest BCUT2D eigenvalue weighted by atomic mass is 9.75. The number of fused-ring (bicyclic) bond motifs is 1. The highest BCUT2D eigenvalue weighted by molar-refractivity contribution is 7.99. The minimum absolute atomic E-state index is 0.0814. The second-order valence-electron chi connectivity index (χ2n) is 5.43. The number of Topliss-reactive ketones (excluding diaryl/α,β-unsaturated/α-hetero) is 1. The highest BCUT2D eigenvalue weighted by Crippen LogP contribution is 2.40. The molecule has 0 N–H and O–H groups in total. The summed E-state index contributed by atoms with van der Waals surface area (Å²) in [5.74, 6) is 0.376. The molecular weight excluding hydrogens is 324 g/mol. The Labute approximate surface area is 137 Å². The van der Waals surface area contributed by atoms with Crippen molar-refractivity contribution in [2.75, 3.05) is 5.75 Å². The van der Waals surface area contributed by atoms with Crippen LogP contribution in [0.15, 0.2) is 35.5 Å². The summed E-state index contributed by atoms with van der Waals surface area (Å²) in [6.07, 6.45) is 6.35. The largest absolute Gasteiger partial charge is 0.496 e. The fourth-order valence-corrected chi connectivity index (χ4v) is 4.35. The summed E-state index contributed by atoms with van der Waals surface area (Å²) in [7, 11) is 0. The van der Waals surface area contributed by atoms with Crippen LogP contribution in [0.2, 0.25) is 0 Å². The number of aromatic nitrogens is 2. The van der Waals surface area contributed by atoms with E-state index in [0.717, 1.165) is 12.2 Å². The summed E-state index contributed by atoms with van der Waals surface area (Å²) >= 11 is 7.84. The van der Waals surface area contributed by atoms with Crippen LogP contribution < -0.4 is 0 Å². The number of hydrogen-bond donors (Lipinski definition) is 0. The van der Waals surface area contributed by atoms with Crippen LogP contribution >= 0.6 is 23.4 Å². The minimum atomic E-state index is -0.330. The van der Waals surface area contributed by atoms with Crippen molar-refractivity contribution in [1.82, 2.24) is 9.97 Å². The molecule has 1 aromatic heterocycles. The predicted octanol–water partition coefficient (Wildman–Crippen LogP) is 2.25. The summed E-state index contributed by atoms with van der Waals surface area (Å²) in [4.78, 5) is 31.5. The SMILES string of the molecule is O=CC1=COC2C(CSc3ncccn3)CC(Cl)CC2C1=O. The topological polar surface area (TPSA) is 69.2 Å². The molecule has 116 valence electrons. The predicted molar refractivity (Wildman–Crippen MR) is 82.6 cm³/mol. The Morgan fingerprint density at radius 1 is 1.36 bits per heavy atom. The Hall–Kier alpha value is -1.40. The number of ether oxygens (including phenoxy) is 1. The second kappa shape index (κ2) is 6.79. The first kappa shape index (κ1) is 15.5. The van der Waals surface area contributed by atoms with Gasteiger partial charge >= 0.3 is 0 Å². The number of thioether (sulfide) groups is 1. The van der Waals surface area contributed by atoms with E-state index < -0.39 is 0 Å². The minimum Gasteiger partial charge on any atom is -0.496 e. The Morgan fingerprint density at radius 2 is 2.14 bits per heavy atom. The van der Waals surface area contributed by atoms with Gasteiger partial charge in [-0.1, -0.05) is 11.8 Å². The van der Waals surface area contributed by atoms with E-state index in [-0.39, 0.29) is 34.7 Å². The molecule has 5 nitrogen and oxygen atoms in total. The Kier molecular flexibility index (Phi) is 4.78. The van der Waals surface area contributed by atoms with Gasteiger partial charge in [0.05, 0.1) is 17.8 Å². The fraction of sp³-hybridized carbons (Fsp3) is 0.467. The van der Waals surface area contributed by atoms with Gasteiger partial charge in [-0.2, -0.15) is 0 Å². The van der Waals surface area contributed by atoms with Crippen LogP contribution in [-0.4, -0.2) is 39.3 Å². The van der Waals surface area contributed by atoms with E-state index >= 15 is 0 Å². The fourth-order valence-electron chi connectivity index (χ4n) is 2.97. The van der Waals surface area contributed by atoms with Crippen LogP contribution in [0.1, 0.15) is 12.8 Å². The molecule has 2 aliphatic rings. The molecule has 1 saturated carbocycles. The number of ketones is 1. The van der Waals surface area contributed by atoms with E-state index in [1.54, 1.807) is 18.5 Å². The smallest absolute Gasteiger partial charge is 0.187 e. The highest BCUT2D eigenvalue weighted by atomic mass is 35.5. The molecule has 2 heterocycles. The van der Waals surface area contributed by atoms with Crippen molar-refractivity contribution >= 4 is 35.4 Å². The maximum atomic E-state index is 12.3. The zero-order valence-corrected chi connectivity index (χ0v) is 13.3. The van der Waals surface area contributed by atoms with Crippen LogP contribution in [0.5, 0.6) is 0 Å². The molecule has 1 aliphatic carbocycles. The third-order valence-electron chi connectivity index (χ3n) is 4.00. The van der Waals surface area contributed by atoms with Crippen molar-refractivity contribution in [3.63, 3.8) is 0 Å². The number of carbonyl (C=O) groups is 2. The van der Waals surface area contributed by atoms with Gasteiger partial charge in [0.15, 0.2) is 17.2 Å². The van der Waals surface area contributed by atoms with Crippen LogP contribution in [0.4, 0.5) is 0 Å². The first-order valence-electron chi connectivity index (χ1n) is 7.08. The number of alkyl halides is 1. The standard InChI is InChI=1S/C15H15ClN2O3S/c16-11-4-9(8-22-15-17-2-1-3-18-15)14-12(5-11)13(20)10(6-19)7-21-14/h1-3,6-7,9,11-12,14H,4-5,8H2. The van der Waals surface area contributed by atoms with E-state index in [4.69, 9.17) is 16.3 Å². The number of hydrogen-bond acceptors (Lipinski definition) is 6. The first-order valence-corrected chi connectivity index (χ1v) is 8.50. The normalized spacial score (nSPS) is 31.0. The second-order valence-corrected chi connectivity index (χ2v) is 7.04. The van der Waals surface area contributed by atoms with Gasteiger partial charge < -0.3 is 4.74 Å². The van der Waals surface area contributed by atoms with Gasteiger partial charge in [-0.15, -0.1) is 11.6 Å². The molecule has 1 aromatic rings. The van der Waals surface area contributed by atoms with Crippen molar-refractivity contribution < 1.29 is 14.3 Å². The van der Waals surface area contributed by atoms with E-state index in [1.807, 2.05) is 0 Å². The van der Waals surface area contributed by atoms with Gasteiger partial charge in [0.25, 0.3) is 0 Å².